The highest BCUT2D eigenvalue weighted by Crippen LogP contribution is 2.21. The summed E-state index contributed by atoms with van der Waals surface area (Å²) in [5.74, 6) is 1.34. The molecule has 2 N–H and O–H groups in total. The zero-order chi connectivity index (χ0) is 13.0. The Morgan fingerprint density at radius 2 is 1.82 bits per heavy atom. The van der Waals surface area contributed by atoms with Crippen LogP contribution in [0.3, 0.4) is 0 Å². The predicted molar refractivity (Wildman–Crippen MR) is 72.2 cm³/mol. The SMILES string of the molecule is CCc1c(CCC(C)N)nc(C)nc1C(C)C. The molecule has 0 bridgehead atoms. The number of hydrogen-bond acceptors (Lipinski definition) is 3. The molecule has 0 radical (unpaired) electrons. The maximum Gasteiger partial charge on any atom is 0.125 e. The summed E-state index contributed by atoms with van der Waals surface area (Å²) >= 11 is 0. The number of hydrogen-bond donors (Lipinski definition) is 1. The minimum absolute atomic E-state index is 0.234. The van der Waals surface area contributed by atoms with Crippen LogP contribution in [0.1, 0.15) is 62.8 Å². The Kier molecular flexibility index (Phi) is 5.06. The maximum atomic E-state index is 5.82. The van der Waals surface area contributed by atoms with Crippen molar-refractivity contribution in [3.05, 3.63) is 22.8 Å². The smallest absolute Gasteiger partial charge is 0.125 e. The largest absolute Gasteiger partial charge is 0.328 e. The minimum Gasteiger partial charge on any atom is -0.328 e. The van der Waals surface area contributed by atoms with E-state index in [1.165, 1.54) is 17.0 Å². The molecule has 0 aromatic carbocycles. The topological polar surface area (TPSA) is 51.8 Å². The number of aryl methyl sites for hydroxylation is 2. The van der Waals surface area contributed by atoms with Gasteiger partial charge in [0.2, 0.25) is 0 Å². The zero-order valence-corrected chi connectivity index (χ0v) is 11.7. The molecule has 3 heteroatoms. The van der Waals surface area contributed by atoms with Gasteiger partial charge in [-0.25, -0.2) is 9.97 Å². The molecule has 0 aliphatic carbocycles. The number of nitrogens with zero attached hydrogens (tertiary/aromatic N) is 2. The van der Waals surface area contributed by atoms with E-state index in [0.717, 1.165) is 25.1 Å². The molecule has 1 aromatic rings. The van der Waals surface area contributed by atoms with Crippen molar-refractivity contribution < 1.29 is 0 Å². The third kappa shape index (κ3) is 3.77. The first kappa shape index (κ1) is 14.1. The molecule has 0 amide bonds. The van der Waals surface area contributed by atoms with Crippen molar-refractivity contribution in [1.29, 1.82) is 0 Å². The fourth-order valence-electron chi connectivity index (χ4n) is 2.11. The summed E-state index contributed by atoms with van der Waals surface area (Å²) in [4.78, 5) is 9.18. The van der Waals surface area contributed by atoms with Crippen molar-refractivity contribution in [3.63, 3.8) is 0 Å². The summed E-state index contributed by atoms with van der Waals surface area (Å²) in [6.07, 6.45) is 2.95. The van der Waals surface area contributed by atoms with E-state index in [0.29, 0.717) is 5.92 Å². The van der Waals surface area contributed by atoms with E-state index >= 15 is 0 Å². The molecule has 1 aromatic heterocycles. The Balaban J connectivity index is 3.09. The molecule has 0 fully saturated rings. The second-order valence-corrected chi connectivity index (χ2v) is 5.11. The Morgan fingerprint density at radius 1 is 1.18 bits per heavy atom. The average Bonchev–Trinajstić information content (AvgIpc) is 2.25. The highest BCUT2D eigenvalue weighted by Gasteiger charge is 2.14. The Morgan fingerprint density at radius 3 is 2.29 bits per heavy atom. The van der Waals surface area contributed by atoms with Gasteiger partial charge in [0.05, 0.1) is 5.69 Å². The summed E-state index contributed by atoms with van der Waals surface area (Å²) in [6, 6.07) is 0.234. The van der Waals surface area contributed by atoms with Gasteiger partial charge < -0.3 is 5.73 Å². The number of aromatic nitrogens is 2. The average molecular weight is 235 g/mol. The molecule has 1 rings (SSSR count). The third-order valence-corrected chi connectivity index (χ3v) is 2.97. The first-order valence-electron chi connectivity index (χ1n) is 6.57. The van der Waals surface area contributed by atoms with Crippen molar-refractivity contribution in [3.8, 4) is 0 Å². The van der Waals surface area contributed by atoms with Gasteiger partial charge in [0.15, 0.2) is 0 Å². The molecular formula is C14H25N3. The first-order valence-corrected chi connectivity index (χ1v) is 6.57. The van der Waals surface area contributed by atoms with Crippen LogP contribution in [0.15, 0.2) is 0 Å². The second kappa shape index (κ2) is 6.10. The van der Waals surface area contributed by atoms with Gasteiger partial charge in [0.1, 0.15) is 5.82 Å². The van der Waals surface area contributed by atoms with Crippen LogP contribution in [-0.2, 0) is 12.8 Å². The molecule has 3 nitrogen and oxygen atoms in total. The van der Waals surface area contributed by atoms with E-state index in [2.05, 4.69) is 30.7 Å². The van der Waals surface area contributed by atoms with Crippen LogP contribution in [0.5, 0.6) is 0 Å². The van der Waals surface area contributed by atoms with E-state index in [9.17, 15) is 0 Å². The van der Waals surface area contributed by atoms with Crippen molar-refractivity contribution in [2.75, 3.05) is 0 Å². The summed E-state index contributed by atoms with van der Waals surface area (Å²) in [5.41, 5.74) is 9.55. The van der Waals surface area contributed by atoms with Gasteiger partial charge in [-0.05, 0) is 44.6 Å². The first-order chi connectivity index (χ1) is 7.95. The second-order valence-electron chi connectivity index (χ2n) is 5.11. The fraction of sp³-hybridized carbons (Fsp3) is 0.714. The summed E-state index contributed by atoms with van der Waals surface area (Å²) in [7, 11) is 0. The molecule has 1 atom stereocenters. The van der Waals surface area contributed by atoms with Gasteiger partial charge in [-0.2, -0.15) is 0 Å². The van der Waals surface area contributed by atoms with E-state index in [4.69, 9.17) is 5.73 Å². The highest BCUT2D eigenvalue weighted by molar-refractivity contribution is 5.28. The van der Waals surface area contributed by atoms with E-state index in [1.54, 1.807) is 0 Å². The lowest BCUT2D eigenvalue weighted by Crippen LogP contribution is -2.17. The molecule has 0 aliphatic rings. The molecule has 1 unspecified atom stereocenters. The summed E-state index contributed by atoms with van der Waals surface area (Å²) in [5, 5.41) is 0. The lowest BCUT2D eigenvalue weighted by atomic mass is 9.97. The highest BCUT2D eigenvalue weighted by atomic mass is 14.9. The van der Waals surface area contributed by atoms with Crippen molar-refractivity contribution >= 4 is 0 Å². The number of rotatable bonds is 5. The van der Waals surface area contributed by atoms with Gasteiger partial charge >= 0.3 is 0 Å². The van der Waals surface area contributed by atoms with Gasteiger partial charge in [0, 0.05) is 11.7 Å². The molecular weight excluding hydrogens is 210 g/mol. The fourth-order valence-corrected chi connectivity index (χ4v) is 2.11. The molecule has 17 heavy (non-hydrogen) atoms. The lowest BCUT2D eigenvalue weighted by Gasteiger charge is -2.16. The molecule has 96 valence electrons. The lowest BCUT2D eigenvalue weighted by molar-refractivity contribution is 0.645. The van der Waals surface area contributed by atoms with E-state index in [1.807, 2.05) is 13.8 Å². The summed E-state index contributed by atoms with van der Waals surface area (Å²) in [6.45, 7) is 10.6. The molecule has 0 aliphatic heterocycles. The van der Waals surface area contributed by atoms with Crippen LogP contribution in [-0.4, -0.2) is 16.0 Å². The molecule has 0 spiro atoms. The Bertz CT molecular complexity index is 370. The van der Waals surface area contributed by atoms with Crippen LogP contribution in [0, 0.1) is 6.92 Å². The van der Waals surface area contributed by atoms with E-state index < -0.39 is 0 Å². The van der Waals surface area contributed by atoms with E-state index in [-0.39, 0.29) is 6.04 Å². The van der Waals surface area contributed by atoms with Crippen LogP contribution in [0.4, 0.5) is 0 Å². The van der Waals surface area contributed by atoms with Crippen LogP contribution in [0.2, 0.25) is 0 Å². The standard InChI is InChI=1S/C14H25N3/c1-6-12-13(8-7-10(4)15)16-11(5)17-14(12)9(2)3/h9-10H,6-8,15H2,1-5H3. The van der Waals surface area contributed by atoms with Crippen LogP contribution >= 0.6 is 0 Å². The van der Waals surface area contributed by atoms with Crippen molar-refractivity contribution in [2.24, 2.45) is 5.73 Å². The summed E-state index contributed by atoms with van der Waals surface area (Å²) < 4.78 is 0. The number of nitrogens with two attached hydrogens (primary N) is 1. The van der Waals surface area contributed by atoms with Gasteiger partial charge in [-0.15, -0.1) is 0 Å². The van der Waals surface area contributed by atoms with Gasteiger partial charge in [-0.1, -0.05) is 20.8 Å². The van der Waals surface area contributed by atoms with Gasteiger partial charge in [0.25, 0.3) is 0 Å². The minimum atomic E-state index is 0.234. The quantitative estimate of drug-likeness (QED) is 0.853. The molecule has 0 saturated heterocycles. The normalized spacial score (nSPS) is 13.1. The van der Waals surface area contributed by atoms with Crippen LogP contribution in [0.25, 0.3) is 0 Å². The Hall–Kier alpha value is -0.960. The molecule has 1 heterocycles. The zero-order valence-electron chi connectivity index (χ0n) is 11.7. The third-order valence-electron chi connectivity index (χ3n) is 2.97. The predicted octanol–water partition coefficient (Wildman–Crippen LogP) is 2.75. The Labute approximate surface area is 105 Å². The monoisotopic (exact) mass is 235 g/mol. The van der Waals surface area contributed by atoms with Gasteiger partial charge in [-0.3, -0.25) is 0 Å². The van der Waals surface area contributed by atoms with Crippen molar-refractivity contribution in [2.45, 2.75) is 65.8 Å². The van der Waals surface area contributed by atoms with Crippen LogP contribution < -0.4 is 5.73 Å². The molecule has 0 saturated carbocycles. The van der Waals surface area contributed by atoms with Crippen molar-refractivity contribution in [1.82, 2.24) is 9.97 Å². The maximum absolute atomic E-state index is 5.82.